The van der Waals surface area contributed by atoms with Crippen LogP contribution in [0.15, 0.2) is 52.4 Å². The van der Waals surface area contributed by atoms with Gasteiger partial charge in [0.25, 0.3) is 0 Å². The highest BCUT2D eigenvalue weighted by molar-refractivity contribution is 14.0. The number of benzene rings is 1. The van der Waals surface area contributed by atoms with Crippen molar-refractivity contribution in [3.8, 4) is 0 Å². The Morgan fingerprint density at radius 1 is 1.26 bits per heavy atom. The third-order valence-corrected chi connectivity index (χ3v) is 4.29. The fourth-order valence-corrected chi connectivity index (χ4v) is 2.62. The molecule has 0 radical (unpaired) electrons. The van der Waals surface area contributed by atoms with Crippen LogP contribution >= 0.6 is 24.0 Å². The van der Waals surface area contributed by atoms with Crippen molar-refractivity contribution >= 4 is 29.9 Å². The van der Waals surface area contributed by atoms with Crippen LogP contribution < -0.4 is 16.2 Å². The van der Waals surface area contributed by atoms with Crippen LogP contribution in [-0.4, -0.2) is 24.1 Å². The normalized spacial score (nSPS) is 12.2. The molecular weight excluding hydrogens is 458 g/mol. The largest absolute Gasteiger partial charge is 0.356 e. The summed E-state index contributed by atoms with van der Waals surface area (Å²) in [6.45, 7) is 5.17. The summed E-state index contributed by atoms with van der Waals surface area (Å²) in [6, 6.07) is 10.4. The van der Waals surface area contributed by atoms with Gasteiger partial charge < -0.3 is 15.2 Å². The van der Waals surface area contributed by atoms with E-state index in [1.807, 2.05) is 19.1 Å². The maximum atomic E-state index is 13.7. The molecule has 0 saturated heterocycles. The van der Waals surface area contributed by atoms with Crippen LogP contribution in [-0.2, 0) is 6.54 Å². The Kier molecular flexibility index (Phi) is 10.1. The number of rotatable bonds is 7. The van der Waals surface area contributed by atoms with Crippen molar-refractivity contribution in [2.45, 2.75) is 39.3 Å². The van der Waals surface area contributed by atoms with Gasteiger partial charge in [0.05, 0.1) is 6.04 Å². The first-order valence-corrected chi connectivity index (χ1v) is 8.90. The number of guanidine groups is 1. The number of nitrogens with zero attached hydrogens (tertiary/aromatic N) is 2. The zero-order chi connectivity index (χ0) is 18.9. The Hall–Kier alpha value is -1.90. The second-order valence-corrected chi connectivity index (χ2v) is 6.31. The number of pyridine rings is 1. The van der Waals surface area contributed by atoms with Crippen LogP contribution in [0, 0.1) is 12.7 Å². The maximum absolute atomic E-state index is 13.7. The van der Waals surface area contributed by atoms with Crippen molar-refractivity contribution in [1.82, 2.24) is 15.2 Å². The van der Waals surface area contributed by atoms with Crippen LogP contribution in [0.1, 0.15) is 36.9 Å². The van der Waals surface area contributed by atoms with Crippen molar-refractivity contribution in [2.75, 3.05) is 13.6 Å². The first-order chi connectivity index (χ1) is 12.5. The highest BCUT2D eigenvalue weighted by atomic mass is 127. The summed E-state index contributed by atoms with van der Waals surface area (Å²) in [5, 5.41) is 6.52. The number of aromatic nitrogens is 1. The number of halogens is 2. The molecule has 0 bridgehead atoms. The predicted octanol–water partition coefficient (Wildman–Crippen LogP) is 3.62. The van der Waals surface area contributed by atoms with E-state index in [9.17, 15) is 9.18 Å². The second kappa shape index (κ2) is 11.7. The number of hydrogen-bond donors (Lipinski definition) is 2. The number of hydrogen-bond acceptors (Lipinski definition) is 2. The average molecular weight is 486 g/mol. The molecule has 0 aliphatic heterocycles. The maximum Gasteiger partial charge on any atom is 0.250 e. The molecule has 0 saturated carbocycles. The molecule has 2 aromatic rings. The molecular formula is C20H28FIN4O. The Balaban J connectivity index is 0.00000364. The van der Waals surface area contributed by atoms with E-state index in [-0.39, 0.29) is 41.4 Å². The first-order valence-electron chi connectivity index (χ1n) is 8.90. The average Bonchev–Trinajstić information content (AvgIpc) is 2.64. The lowest BCUT2D eigenvalue weighted by molar-refractivity contribution is 0.581. The predicted molar refractivity (Wildman–Crippen MR) is 119 cm³/mol. The summed E-state index contributed by atoms with van der Waals surface area (Å²) in [5.74, 6) is 0.477. The second-order valence-electron chi connectivity index (χ2n) is 6.31. The van der Waals surface area contributed by atoms with Crippen LogP contribution in [0.3, 0.4) is 0 Å². The van der Waals surface area contributed by atoms with E-state index < -0.39 is 0 Å². The zero-order valence-electron chi connectivity index (χ0n) is 16.0. The van der Waals surface area contributed by atoms with Gasteiger partial charge in [-0.1, -0.05) is 18.2 Å². The summed E-state index contributed by atoms with van der Waals surface area (Å²) in [6.07, 6.45) is 3.61. The van der Waals surface area contributed by atoms with E-state index in [4.69, 9.17) is 0 Å². The fourth-order valence-electron chi connectivity index (χ4n) is 2.62. The molecule has 148 valence electrons. The molecule has 0 fully saturated rings. The standard InChI is InChI=1S/C20H27FN4O.HI/c1-15-9-10-17(14-18(15)21)16(2)24-20(22-3)23-11-5-7-13-25-12-6-4-8-19(25)26;/h4,6,8-10,12,14,16H,5,7,11,13H2,1-3H3,(H2,22,23,24);1H. The molecule has 2 rings (SSSR count). The Morgan fingerprint density at radius 2 is 2.04 bits per heavy atom. The Bertz CT molecular complexity index is 807. The van der Waals surface area contributed by atoms with Crippen molar-refractivity contribution in [3.63, 3.8) is 0 Å². The third-order valence-electron chi connectivity index (χ3n) is 4.29. The summed E-state index contributed by atoms with van der Waals surface area (Å²) in [7, 11) is 1.71. The van der Waals surface area contributed by atoms with Gasteiger partial charge in [-0.3, -0.25) is 9.79 Å². The topological polar surface area (TPSA) is 58.4 Å². The van der Waals surface area contributed by atoms with Crippen LogP contribution in [0.5, 0.6) is 0 Å². The lowest BCUT2D eigenvalue weighted by atomic mass is 10.1. The molecule has 0 amide bonds. The Labute approximate surface area is 177 Å². The molecule has 7 heteroatoms. The van der Waals surface area contributed by atoms with Crippen LogP contribution in [0.25, 0.3) is 0 Å². The molecule has 1 aromatic carbocycles. The molecule has 27 heavy (non-hydrogen) atoms. The molecule has 0 spiro atoms. The van der Waals surface area contributed by atoms with Gasteiger partial charge in [0.15, 0.2) is 5.96 Å². The number of aryl methyl sites for hydroxylation is 2. The van der Waals surface area contributed by atoms with E-state index >= 15 is 0 Å². The summed E-state index contributed by atoms with van der Waals surface area (Å²) in [4.78, 5) is 15.8. The highest BCUT2D eigenvalue weighted by Crippen LogP contribution is 2.16. The Morgan fingerprint density at radius 3 is 2.70 bits per heavy atom. The van der Waals surface area contributed by atoms with E-state index in [2.05, 4.69) is 15.6 Å². The van der Waals surface area contributed by atoms with Gasteiger partial charge in [0.1, 0.15) is 5.82 Å². The molecule has 1 aromatic heterocycles. The van der Waals surface area contributed by atoms with E-state index in [0.29, 0.717) is 18.1 Å². The van der Waals surface area contributed by atoms with Gasteiger partial charge in [0, 0.05) is 32.4 Å². The molecule has 5 nitrogen and oxygen atoms in total. The minimum Gasteiger partial charge on any atom is -0.356 e. The number of aliphatic imine (C=N–C) groups is 1. The van der Waals surface area contributed by atoms with Gasteiger partial charge >= 0.3 is 0 Å². The fraction of sp³-hybridized carbons (Fsp3) is 0.400. The van der Waals surface area contributed by atoms with Crippen molar-refractivity contribution < 1.29 is 4.39 Å². The molecule has 1 atom stereocenters. The van der Waals surface area contributed by atoms with Gasteiger partial charge in [-0.2, -0.15) is 0 Å². The highest BCUT2D eigenvalue weighted by Gasteiger charge is 2.09. The van der Waals surface area contributed by atoms with Crippen LogP contribution in [0.4, 0.5) is 4.39 Å². The van der Waals surface area contributed by atoms with Crippen molar-refractivity contribution in [1.29, 1.82) is 0 Å². The summed E-state index contributed by atoms with van der Waals surface area (Å²) < 4.78 is 15.4. The van der Waals surface area contributed by atoms with Crippen molar-refractivity contribution in [3.05, 3.63) is 69.9 Å². The lowest BCUT2D eigenvalue weighted by Gasteiger charge is -2.18. The van der Waals surface area contributed by atoms with Gasteiger partial charge in [-0.25, -0.2) is 4.39 Å². The van der Waals surface area contributed by atoms with Gasteiger partial charge in [-0.15, -0.1) is 24.0 Å². The number of nitrogens with one attached hydrogen (secondary N) is 2. The molecule has 1 heterocycles. The van der Waals surface area contributed by atoms with Gasteiger partial charge in [0.2, 0.25) is 5.56 Å². The lowest BCUT2D eigenvalue weighted by Crippen LogP contribution is -2.39. The molecule has 1 unspecified atom stereocenters. The van der Waals surface area contributed by atoms with E-state index in [1.54, 1.807) is 49.0 Å². The third kappa shape index (κ3) is 7.32. The summed E-state index contributed by atoms with van der Waals surface area (Å²) >= 11 is 0. The first kappa shape index (κ1) is 23.1. The summed E-state index contributed by atoms with van der Waals surface area (Å²) in [5.41, 5.74) is 1.54. The molecule has 0 aliphatic rings. The zero-order valence-corrected chi connectivity index (χ0v) is 18.4. The van der Waals surface area contributed by atoms with Gasteiger partial charge in [-0.05, 0) is 49.9 Å². The van der Waals surface area contributed by atoms with E-state index in [0.717, 1.165) is 24.9 Å². The quantitative estimate of drug-likeness (QED) is 0.272. The smallest absolute Gasteiger partial charge is 0.250 e. The van der Waals surface area contributed by atoms with Crippen LogP contribution in [0.2, 0.25) is 0 Å². The molecule has 0 aliphatic carbocycles. The van der Waals surface area contributed by atoms with E-state index in [1.165, 1.54) is 0 Å². The number of unbranched alkanes of at least 4 members (excludes halogenated alkanes) is 1. The minimum atomic E-state index is -0.199. The SMILES string of the molecule is CN=C(NCCCCn1ccccc1=O)NC(C)c1ccc(C)c(F)c1.I. The molecule has 2 N–H and O–H groups in total. The minimum absolute atomic E-state index is 0. The van der Waals surface area contributed by atoms with Crippen molar-refractivity contribution in [2.24, 2.45) is 4.99 Å². The monoisotopic (exact) mass is 486 g/mol.